The number of hydrogen-bond donors (Lipinski definition) is 2. The van der Waals surface area contributed by atoms with Gasteiger partial charge in [0.15, 0.2) is 0 Å². The number of rotatable bonds is 5. The second-order valence-electron chi connectivity index (χ2n) is 5.72. The van der Waals surface area contributed by atoms with Gasteiger partial charge < -0.3 is 4.98 Å². The first-order valence-electron chi connectivity index (χ1n) is 8.12. The zero-order valence-corrected chi connectivity index (χ0v) is 14.9. The van der Waals surface area contributed by atoms with Crippen molar-refractivity contribution in [3.05, 3.63) is 78.8 Å². The van der Waals surface area contributed by atoms with Crippen LogP contribution in [0.2, 0.25) is 0 Å². The normalized spacial score (nSPS) is 11.9. The van der Waals surface area contributed by atoms with Crippen LogP contribution < -0.4 is 4.72 Å². The van der Waals surface area contributed by atoms with E-state index in [9.17, 15) is 8.42 Å². The zero-order chi connectivity index (χ0) is 18.7. The molecule has 7 nitrogen and oxygen atoms in total. The molecule has 2 aromatic heterocycles. The highest BCUT2D eigenvalue weighted by molar-refractivity contribution is 7.92. The smallest absolute Gasteiger partial charge is 0.264 e. The quantitative estimate of drug-likeness (QED) is 0.520. The third-order valence-corrected chi connectivity index (χ3v) is 5.26. The van der Waals surface area contributed by atoms with Crippen molar-refractivity contribution < 1.29 is 8.42 Å². The first-order chi connectivity index (χ1) is 13.1. The number of nitrogens with zero attached hydrogens (tertiary/aromatic N) is 3. The molecule has 0 aliphatic rings. The Bertz CT molecular complexity index is 1200. The van der Waals surface area contributed by atoms with E-state index in [1.54, 1.807) is 24.4 Å². The number of fused-ring (bicyclic) bond motifs is 1. The van der Waals surface area contributed by atoms with Crippen LogP contribution in [-0.4, -0.2) is 29.6 Å². The molecule has 2 N–H and O–H groups in total. The largest absolute Gasteiger partial charge is 0.361 e. The lowest BCUT2D eigenvalue weighted by Crippen LogP contribution is -2.14. The van der Waals surface area contributed by atoms with E-state index in [-0.39, 0.29) is 10.8 Å². The lowest BCUT2D eigenvalue weighted by molar-refractivity contribution is 0.601. The maximum atomic E-state index is 12.4. The van der Waals surface area contributed by atoms with Gasteiger partial charge in [0, 0.05) is 41.3 Å². The van der Waals surface area contributed by atoms with Crippen LogP contribution in [0.1, 0.15) is 5.56 Å². The summed E-state index contributed by atoms with van der Waals surface area (Å²) in [7, 11) is -3.75. The van der Waals surface area contributed by atoms with Gasteiger partial charge in [0.25, 0.3) is 10.0 Å². The van der Waals surface area contributed by atoms with Gasteiger partial charge in [-0.1, -0.05) is 18.2 Å². The monoisotopic (exact) mass is 377 g/mol. The van der Waals surface area contributed by atoms with Crippen molar-refractivity contribution in [1.29, 1.82) is 0 Å². The summed E-state index contributed by atoms with van der Waals surface area (Å²) in [5.74, 6) is 0.0268. The van der Waals surface area contributed by atoms with Crippen LogP contribution in [0.5, 0.6) is 0 Å². The first kappa shape index (κ1) is 16.9. The summed E-state index contributed by atoms with van der Waals surface area (Å²) in [4.78, 5) is 15.4. The number of sulfonamides is 1. The third-order valence-electron chi connectivity index (χ3n) is 3.91. The maximum absolute atomic E-state index is 12.4. The predicted molar refractivity (Wildman–Crippen MR) is 105 cm³/mol. The Morgan fingerprint density at radius 3 is 2.48 bits per heavy atom. The Labute approximate surface area is 155 Å². The minimum Gasteiger partial charge on any atom is -0.361 e. The molecular weight excluding hydrogens is 362 g/mol. The van der Waals surface area contributed by atoms with Crippen LogP contribution in [0.4, 0.5) is 11.6 Å². The molecule has 134 valence electrons. The number of aliphatic imine (C=N–C) groups is 1. The number of nitrogens with one attached hydrogen (secondary N) is 2. The SMILES string of the molecule is O=S(=O)(Nc1ncccn1)c1ccc(N=Cc2c[nH]c3ccccc23)cc1. The molecule has 0 fully saturated rings. The Kier molecular flexibility index (Phi) is 4.39. The summed E-state index contributed by atoms with van der Waals surface area (Å²) in [5, 5.41) is 1.08. The van der Waals surface area contributed by atoms with Crippen molar-refractivity contribution in [3.8, 4) is 0 Å². The molecule has 0 radical (unpaired) electrons. The van der Waals surface area contributed by atoms with Gasteiger partial charge in [-0.05, 0) is 36.4 Å². The molecule has 0 saturated heterocycles. The second-order valence-corrected chi connectivity index (χ2v) is 7.40. The Morgan fingerprint density at radius 1 is 0.963 bits per heavy atom. The van der Waals surface area contributed by atoms with Gasteiger partial charge >= 0.3 is 0 Å². The molecule has 0 saturated carbocycles. The number of hydrogen-bond acceptors (Lipinski definition) is 5. The van der Waals surface area contributed by atoms with Crippen molar-refractivity contribution in [2.24, 2.45) is 4.99 Å². The van der Waals surface area contributed by atoms with Crippen molar-refractivity contribution in [3.63, 3.8) is 0 Å². The molecule has 0 bridgehead atoms. The number of anilines is 1. The average Bonchev–Trinajstić information content (AvgIpc) is 3.10. The summed E-state index contributed by atoms with van der Waals surface area (Å²) in [6, 6.07) is 15.8. The highest BCUT2D eigenvalue weighted by Crippen LogP contribution is 2.20. The topological polar surface area (TPSA) is 100 Å². The lowest BCUT2D eigenvalue weighted by Gasteiger charge is -2.06. The number of aromatic amines is 1. The fraction of sp³-hybridized carbons (Fsp3) is 0. The standard InChI is InChI=1S/C19H15N5O2S/c25-27(26,24-19-20-10-3-11-21-19)16-8-6-15(7-9-16)22-12-14-13-23-18-5-2-1-4-17(14)18/h1-13,23H,(H,20,21,24). The van der Waals surface area contributed by atoms with E-state index < -0.39 is 10.0 Å². The molecule has 4 aromatic rings. The fourth-order valence-corrected chi connectivity index (χ4v) is 3.55. The molecular formula is C19H15N5O2S. The zero-order valence-electron chi connectivity index (χ0n) is 14.1. The van der Waals surface area contributed by atoms with Gasteiger partial charge in [0.2, 0.25) is 5.95 Å². The molecule has 0 spiro atoms. The maximum Gasteiger partial charge on any atom is 0.264 e. The van der Waals surface area contributed by atoms with Crippen LogP contribution in [-0.2, 0) is 10.0 Å². The Hall–Kier alpha value is -3.52. The van der Waals surface area contributed by atoms with E-state index in [0.29, 0.717) is 5.69 Å². The minimum absolute atomic E-state index is 0.0268. The summed E-state index contributed by atoms with van der Waals surface area (Å²) in [5.41, 5.74) is 2.65. The number of aromatic nitrogens is 3. The molecule has 8 heteroatoms. The molecule has 0 aliphatic heterocycles. The van der Waals surface area contributed by atoms with Gasteiger partial charge in [-0.15, -0.1) is 0 Å². The highest BCUT2D eigenvalue weighted by atomic mass is 32.2. The number of para-hydroxylation sites is 1. The molecule has 0 atom stereocenters. The van der Waals surface area contributed by atoms with E-state index in [1.165, 1.54) is 24.5 Å². The fourth-order valence-electron chi connectivity index (χ4n) is 2.59. The average molecular weight is 377 g/mol. The second kappa shape index (κ2) is 7.00. The van der Waals surface area contributed by atoms with Crippen molar-refractivity contribution in [2.45, 2.75) is 4.90 Å². The molecule has 0 aliphatic carbocycles. The van der Waals surface area contributed by atoms with Crippen molar-refractivity contribution in [2.75, 3.05) is 4.72 Å². The number of H-pyrrole nitrogens is 1. The highest BCUT2D eigenvalue weighted by Gasteiger charge is 2.15. The third kappa shape index (κ3) is 3.70. The van der Waals surface area contributed by atoms with Gasteiger partial charge in [0.1, 0.15) is 0 Å². The molecule has 2 heterocycles. The first-order valence-corrected chi connectivity index (χ1v) is 9.60. The van der Waals surface area contributed by atoms with Gasteiger partial charge in [-0.2, -0.15) is 0 Å². The van der Waals surface area contributed by atoms with E-state index >= 15 is 0 Å². The molecule has 0 amide bonds. The van der Waals surface area contributed by atoms with E-state index in [0.717, 1.165) is 16.5 Å². The van der Waals surface area contributed by atoms with Crippen LogP contribution >= 0.6 is 0 Å². The molecule has 4 rings (SSSR count). The Balaban J connectivity index is 1.53. The summed E-state index contributed by atoms with van der Waals surface area (Å²) >= 11 is 0. The Morgan fingerprint density at radius 2 is 1.70 bits per heavy atom. The minimum atomic E-state index is -3.75. The van der Waals surface area contributed by atoms with E-state index in [1.807, 2.05) is 30.5 Å². The lowest BCUT2D eigenvalue weighted by atomic mass is 10.2. The number of benzene rings is 2. The van der Waals surface area contributed by atoms with Gasteiger partial charge in [-0.3, -0.25) is 4.99 Å². The predicted octanol–water partition coefficient (Wildman–Crippen LogP) is 3.51. The van der Waals surface area contributed by atoms with E-state index in [4.69, 9.17) is 0 Å². The van der Waals surface area contributed by atoms with Crippen LogP contribution in [0.15, 0.2) is 83.1 Å². The summed E-state index contributed by atoms with van der Waals surface area (Å²) < 4.78 is 27.1. The van der Waals surface area contributed by atoms with Crippen LogP contribution in [0.3, 0.4) is 0 Å². The molecule has 2 aromatic carbocycles. The van der Waals surface area contributed by atoms with Gasteiger partial charge in [-0.25, -0.2) is 23.1 Å². The van der Waals surface area contributed by atoms with E-state index in [2.05, 4.69) is 24.7 Å². The van der Waals surface area contributed by atoms with Crippen LogP contribution in [0.25, 0.3) is 10.9 Å². The summed E-state index contributed by atoms with van der Waals surface area (Å²) in [6.45, 7) is 0. The van der Waals surface area contributed by atoms with Gasteiger partial charge in [0.05, 0.1) is 10.6 Å². The summed E-state index contributed by atoms with van der Waals surface area (Å²) in [6.07, 6.45) is 6.57. The molecule has 0 unspecified atom stereocenters. The molecule has 27 heavy (non-hydrogen) atoms. The van der Waals surface area contributed by atoms with Crippen LogP contribution in [0, 0.1) is 0 Å². The van der Waals surface area contributed by atoms with Crippen molar-refractivity contribution in [1.82, 2.24) is 15.0 Å². The van der Waals surface area contributed by atoms with Crippen molar-refractivity contribution >= 4 is 38.8 Å².